The van der Waals surface area contributed by atoms with E-state index < -0.39 is 0 Å². The SMILES string of the molecule is CC(N)C(C)C(=O)c1ccc(-c2ccccc2)cc1. The molecule has 0 aliphatic carbocycles. The molecule has 2 heteroatoms. The number of Topliss-reactive ketones (excluding diaryl/α,β-unsaturated/α-hetero) is 1. The molecular weight excluding hydrogens is 234 g/mol. The van der Waals surface area contributed by atoms with Crippen LogP contribution in [-0.4, -0.2) is 11.8 Å². The highest BCUT2D eigenvalue weighted by Crippen LogP contribution is 2.20. The lowest BCUT2D eigenvalue weighted by Crippen LogP contribution is -2.30. The van der Waals surface area contributed by atoms with Crippen molar-refractivity contribution < 1.29 is 4.79 Å². The van der Waals surface area contributed by atoms with Gasteiger partial charge in [0.05, 0.1) is 0 Å². The second-order valence-corrected chi connectivity index (χ2v) is 4.96. The van der Waals surface area contributed by atoms with Crippen LogP contribution in [0, 0.1) is 5.92 Å². The molecule has 19 heavy (non-hydrogen) atoms. The number of rotatable bonds is 4. The number of hydrogen-bond acceptors (Lipinski definition) is 2. The van der Waals surface area contributed by atoms with Gasteiger partial charge >= 0.3 is 0 Å². The molecule has 0 radical (unpaired) electrons. The Morgan fingerprint density at radius 3 is 1.95 bits per heavy atom. The molecule has 0 fully saturated rings. The third-order valence-corrected chi connectivity index (χ3v) is 3.48. The van der Waals surface area contributed by atoms with Gasteiger partial charge in [0.2, 0.25) is 0 Å². The minimum atomic E-state index is -0.150. The molecule has 2 rings (SSSR count). The molecule has 0 saturated carbocycles. The first-order valence-electron chi connectivity index (χ1n) is 6.55. The molecule has 98 valence electrons. The minimum Gasteiger partial charge on any atom is -0.327 e. The topological polar surface area (TPSA) is 43.1 Å². The van der Waals surface area contributed by atoms with E-state index in [2.05, 4.69) is 12.1 Å². The molecule has 0 aliphatic heterocycles. The van der Waals surface area contributed by atoms with Crippen LogP contribution in [0.15, 0.2) is 54.6 Å². The normalized spacial score (nSPS) is 13.8. The third-order valence-electron chi connectivity index (χ3n) is 3.48. The Morgan fingerprint density at radius 1 is 0.895 bits per heavy atom. The van der Waals surface area contributed by atoms with Crippen molar-refractivity contribution in [3.63, 3.8) is 0 Å². The van der Waals surface area contributed by atoms with Gasteiger partial charge in [0.25, 0.3) is 0 Å². The van der Waals surface area contributed by atoms with Crippen LogP contribution in [0.2, 0.25) is 0 Å². The van der Waals surface area contributed by atoms with Crippen LogP contribution >= 0.6 is 0 Å². The van der Waals surface area contributed by atoms with Gasteiger partial charge < -0.3 is 5.73 Å². The predicted octanol–water partition coefficient (Wildman–Crippen LogP) is 3.52. The summed E-state index contributed by atoms with van der Waals surface area (Å²) in [6.45, 7) is 3.74. The summed E-state index contributed by atoms with van der Waals surface area (Å²) in [7, 11) is 0. The van der Waals surface area contributed by atoms with Gasteiger partial charge in [0.1, 0.15) is 0 Å². The van der Waals surface area contributed by atoms with E-state index in [0.717, 1.165) is 16.7 Å². The summed E-state index contributed by atoms with van der Waals surface area (Å²) in [5.41, 5.74) is 8.77. The summed E-state index contributed by atoms with van der Waals surface area (Å²) in [6, 6.07) is 17.7. The highest BCUT2D eigenvalue weighted by molar-refractivity contribution is 5.98. The molecule has 0 aliphatic rings. The Hall–Kier alpha value is -1.93. The summed E-state index contributed by atoms with van der Waals surface area (Å²) in [5.74, 6) is -0.0443. The van der Waals surface area contributed by atoms with E-state index in [1.54, 1.807) is 0 Å². The molecule has 0 aromatic heterocycles. The molecule has 2 N–H and O–H groups in total. The predicted molar refractivity (Wildman–Crippen MR) is 79.0 cm³/mol. The minimum absolute atomic E-state index is 0.106. The number of carbonyl (C=O) groups excluding carboxylic acids is 1. The molecule has 2 atom stereocenters. The van der Waals surface area contributed by atoms with Gasteiger partial charge in [-0.1, -0.05) is 61.5 Å². The smallest absolute Gasteiger partial charge is 0.167 e. The molecular formula is C17H19NO. The second-order valence-electron chi connectivity index (χ2n) is 4.96. The van der Waals surface area contributed by atoms with Gasteiger partial charge in [-0.15, -0.1) is 0 Å². The van der Waals surface area contributed by atoms with Gasteiger partial charge in [-0.25, -0.2) is 0 Å². The number of nitrogens with two attached hydrogens (primary N) is 1. The van der Waals surface area contributed by atoms with E-state index in [-0.39, 0.29) is 17.7 Å². The van der Waals surface area contributed by atoms with E-state index >= 15 is 0 Å². The Labute approximate surface area is 114 Å². The molecule has 0 saturated heterocycles. The van der Waals surface area contributed by atoms with Crippen LogP contribution < -0.4 is 5.73 Å². The molecule has 0 spiro atoms. The first-order valence-corrected chi connectivity index (χ1v) is 6.55. The van der Waals surface area contributed by atoms with Crippen molar-refractivity contribution in [3.05, 3.63) is 60.2 Å². The monoisotopic (exact) mass is 253 g/mol. The Morgan fingerprint density at radius 2 is 1.42 bits per heavy atom. The Balaban J connectivity index is 2.22. The second kappa shape index (κ2) is 5.81. The summed E-state index contributed by atoms with van der Waals surface area (Å²) in [6.07, 6.45) is 0. The molecule has 0 heterocycles. The number of ketones is 1. The number of hydrogen-bond donors (Lipinski definition) is 1. The van der Waals surface area contributed by atoms with E-state index in [0.29, 0.717) is 0 Å². The van der Waals surface area contributed by atoms with Gasteiger partial charge in [0, 0.05) is 17.5 Å². The number of benzene rings is 2. The fourth-order valence-corrected chi connectivity index (χ4v) is 1.96. The van der Waals surface area contributed by atoms with Gasteiger partial charge in [-0.2, -0.15) is 0 Å². The molecule has 0 amide bonds. The lowest BCUT2D eigenvalue weighted by Gasteiger charge is -2.14. The highest BCUT2D eigenvalue weighted by Gasteiger charge is 2.18. The summed E-state index contributed by atoms with van der Waals surface area (Å²) < 4.78 is 0. The largest absolute Gasteiger partial charge is 0.327 e. The van der Waals surface area contributed by atoms with Crippen LogP contribution in [0.25, 0.3) is 11.1 Å². The first kappa shape index (κ1) is 13.5. The highest BCUT2D eigenvalue weighted by atomic mass is 16.1. The quantitative estimate of drug-likeness (QED) is 0.847. The summed E-state index contributed by atoms with van der Waals surface area (Å²) >= 11 is 0. The summed E-state index contributed by atoms with van der Waals surface area (Å²) in [4.78, 5) is 12.2. The maximum Gasteiger partial charge on any atom is 0.167 e. The standard InChI is InChI=1S/C17H19NO/c1-12(13(2)18)17(19)16-10-8-15(9-11-16)14-6-4-3-5-7-14/h3-13H,18H2,1-2H3. The van der Waals surface area contributed by atoms with Crippen molar-refractivity contribution in [1.82, 2.24) is 0 Å². The van der Waals surface area contributed by atoms with Crippen LogP contribution in [0.1, 0.15) is 24.2 Å². The first-order chi connectivity index (χ1) is 9.09. The molecule has 2 nitrogen and oxygen atoms in total. The zero-order valence-corrected chi connectivity index (χ0v) is 11.3. The fraction of sp³-hybridized carbons (Fsp3) is 0.235. The van der Waals surface area contributed by atoms with Crippen LogP contribution in [0.5, 0.6) is 0 Å². The molecule has 2 unspecified atom stereocenters. The zero-order chi connectivity index (χ0) is 13.8. The molecule has 2 aromatic carbocycles. The third kappa shape index (κ3) is 3.09. The van der Waals surface area contributed by atoms with E-state index in [4.69, 9.17) is 5.73 Å². The van der Waals surface area contributed by atoms with Crippen LogP contribution in [0.4, 0.5) is 0 Å². The Kier molecular flexibility index (Phi) is 4.13. The van der Waals surface area contributed by atoms with E-state index in [9.17, 15) is 4.79 Å². The average molecular weight is 253 g/mol. The van der Waals surface area contributed by atoms with Crippen molar-refractivity contribution in [3.8, 4) is 11.1 Å². The zero-order valence-electron chi connectivity index (χ0n) is 11.3. The summed E-state index contributed by atoms with van der Waals surface area (Å²) in [5, 5.41) is 0. The molecule has 2 aromatic rings. The Bertz CT molecular complexity index is 543. The maximum atomic E-state index is 12.2. The lowest BCUT2D eigenvalue weighted by atomic mass is 9.93. The maximum absolute atomic E-state index is 12.2. The van der Waals surface area contributed by atoms with Crippen molar-refractivity contribution >= 4 is 5.78 Å². The van der Waals surface area contributed by atoms with Crippen LogP contribution in [-0.2, 0) is 0 Å². The van der Waals surface area contributed by atoms with Gasteiger partial charge in [-0.05, 0) is 18.1 Å². The fourth-order valence-electron chi connectivity index (χ4n) is 1.96. The number of carbonyl (C=O) groups is 1. The van der Waals surface area contributed by atoms with Crippen molar-refractivity contribution in [2.45, 2.75) is 19.9 Å². The van der Waals surface area contributed by atoms with Crippen LogP contribution in [0.3, 0.4) is 0 Å². The van der Waals surface area contributed by atoms with Gasteiger partial charge in [-0.3, -0.25) is 4.79 Å². The average Bonchev–Trinajstić information content (AvgIpc) is 2.46. The van der Waals surface area contributed by atoms with Gasteiger partial charge in [0.15, 0.2) is 5.78 Å². The van der Waals surface area contributed by atoms with E-state index in [1.807, 2.05) is 56.3 Å². The van der Waals surface area contributed by atoms with Crippen molar-refractivity contribution in [1.29, 1.82) is 0 Å². The van der Waals surface area contributed by atoms with E-state index in [1.165, 1.54) is 0 Å². The van der Waals surface area contributed by atoms with Crippen molar-refractivity contribution in [2.75, 3.05) is 0 Å². The molecule has 0 bridgehead atoms. The lowest BCUT2D eigenvalue weighted by molar-refractivity contribution is 0.0917. The van der Waals surface area contributed by atoms with Crippen molar-refractivity contribution in [2.24, 2.45) is 11.7 Å².